The van der Waals surface area contributed by atoms with E-state index in [1.54, 1.807) is 14.0 Å². The number of nitrogens with zero attached hydrogens (tertiary/aromatic N) is 1. The zero-order valence-corrected chi connectivity index (χ0v) is 13.4. The van der Waals surface area contributed by atoms with E-state index >= 15 is 0 Å². The van der Waals surface area contributed by atoms with Gasteiger partial charge in [-0.25, -0.2) is 0 Å². The van der Waals surface area contributed by atoms with Crippen molar-refractivity contribution in [3.05, 3.63) is 29.8 Å². The number of carbonyl (C=O) groups excluding carboxylic acids is 1. The van der Waals surface area contributed by atoms with Crippen LogP contribution in [-0.4, -0.2) is 35.2 Å². The summed E-state index contributed by atoms with van der Waals surface area (Å²) in [6.45, 7) is 2.24. The van der Waals surface area contributed by atoms with Crippen LogP contribution in [0.2, 0.25) is 0 Å². The summed E-state index contributed by atoms with van der Waals surface area (Å²) in [5.41, 5.74) is 0.376. The molecule has 2 unspecified atom stereocenters. The minimum absolute atomic E-state index is 0.0727. The quantitative estimate of drug-likeness (QED) is 0.914. The van der Waals surface area contributed by atoms with Crippen molar-refractivity contribution in [3.63, 3.8) is 0 Å². The maximum absolute atomic E-state index is 12.2. The van der Waals surface area contributed by atoms with E-state index in [9.17, 15) is 9.90 Å². The Morgan fingerprint density at radius 2 is 2.09 bits per heavy atom. The third kappa shape index (κ3) is 2.50. The smallest absolute Gasteiger partial charge is 0.219 e. The van der Waals surface area contributed by atoms with E-state index in [0.29, 0.717) is 13.0 Å². The van der Waals surface area contributed by atoms with Gasteiger partial charge in [-0.2, -0.15) is 0 Å². The third-order valence-electron chi connectivity index (χ3n) is 5.43. The Kier molecular flexibility index (Phi) is 4.13. The Balaban J connectivity index is 2.06. The van der Waals surface area contributed by atoms with E-state index in [4.69, 9.17) is 4.74 Å². The Bertz CT molecular complexity index is 559. The van der Waals surface area contributed by atoms with Crippen molar-refractivity contribution < 1.29 is 14.6 Å². The maximum atomic E-state index is 12.2. The van der Waals surface area contributed by atoms with E-state index in [-0.39, 0.29) is 17.9 Å². The van der Waals surface area contributed by atoms with E-state index < -0.39 is 5.60 Å². The lowest BCUT2D eigenvalue weighted by Gasteiger charge is -2.52. The molecule has 4 nitrogen and oxygen atoms in total. The lowest BCUT2D eigenvalue weighted by molar-refractivity contribution is -0.153. The average Bonchev–Trinajstić information content (AvgIpc) is 2.53. The van der Waals surface area contributed by atoms with Crippen molar-refractivity contribution in [1.29, 1.82) is 0 Å². The van der Waals surface area contributed by atoms with E-state index in [1.807, 2.05) is 29.2 Å². The zero-order valence-electron chi connectivity index (χ0n) is 13.4. The van der Waals surface area contributed by atoms with Gasteiger partial charge in [-0.05, 0) is 25.3 Å². The first-order chi connectivity index (χ1) is 10.6. The first-order valence-electron chi connectivity index (χ1n) is 8.19. The molecule has 3 rings (SSSR count). The fourth-order valence-electron chi connectivity index (χ4n) is 4.33. The van der Waals surface area contributed by atoms with Gasteiger partial charge in [-0.15, -0.1) is 0 Å². The number of methoxy groups -OCH3 is 1. The lowest BCUT2D eigenvalue weighted by Crippen LogP contribution is -2.55. The second-order valence-electron chi connectivity index (χ2n) is 6.61. The summed E-state index contributed by atoms with van der Waals surface area (Å²) in [5.74, 6) is 0.965. The van der Waals surface area contributed by atoms with E-state index in [2.05, 4.69) is 0 Å². The standard InChI is InChI=1S/C18H25NO3/c1-13(20)19-12-11-18(21)10-6-5-8-15(18)17(19)14-7-3-4-9-16(14)22-2/h3-4,7,9,15,17,21H,5-6,8,10-12H2,1-2H3/t15?,17-,18?/m0/s1. The van der Waals surface area contributed by atoms with Crippen molar-refractivity contribution in [2.45, 2.75) is 50.7 Å². The third-order valence-corrected chi connectivity index (χ3v) is 5.43. The first-order valence-corrected chi connectivity index (χ1v) is 8.19. The SMILES string of the molecule is COc1ccccc1[C@H]1C2CCCCC2(O)CCN1C(C)=O. The van der Waals surface area contributed by atoms with Gasteiger partial charge in [0.2, 0.25) is 5.91 Å². The molecule has 1 heterocycles. The molecule has 0 radical (unpaired) electrons. The Labute approximate surface area is 132 Å². The number of carbonyl (C=O) groups is 1. The molecule has 1 amide bonds. The van der Waals surface area contributed by atoms with Crippen molar-refractivity contribution in [1.82, 2.24) is 4.90 Å². The van der Waals surface area contributed by atoms with E-state index in [1.165, 1.54) is 0 Å². The maximum Gasteiger partial charge on any atom is 0.219 e. The fraction of sp³-hybridized carbons (Fsp3) is 0.611. The van der Waals surface area contributed by atoms with Crippen molar-refractivity contribution in [2.24, 2.45) is 5.92 Å². The average molecular weight is 303 g/mol. The largest absolute Gasteiger partial charge is 0.496 e. The molecule has 4 heteroatoms. The van der Waals surface area contributed by atoms with Crippen LogP contribution in [0.1, 0.15) is 50.6 Å². The summed E-state index contributed by atoms with van der Waals surface area (Å²) in [6, 6.07) is 7.79. The number of rotatable bonds is 2. The van der Waals surface area contributed by atoms with Gasteiger partial charge < -0.3 is 14.7 Å². The van der Waals surface area contributed by atoms with Crippen LogP contribution >= 0.6 is 0 Å². The van der Waals surface area contributed by atoms with Crippen LogP contribution in [0.15, 0.2) is 24.3 Å². The molecule has 2 aliphatic rings. The predicted octanol–water partition coefficient (Wildman–Crippen LogP) is 2.91. The van der Waals surface area contributed by atoms with Crippen molar-refractivity contribution in [2.75, 3.05) is 13.7 Å². The van der Waals surface area contributed by atoms with Crippen LogP contribution in [0, 0.1) is 5.92 Å². The monoisotopic (exact) mass is 303 g/mol. The van der Waals surface area contributed by atoms with Gasteiger partial charge in [0.1, 0.15) is 5.75 Å². The Morgan fingerprint density at radius 1 is 1.32 bits per heavy atom. The number of fused-ring (bicyclic) bond motifs is 1. The molecule has 1 aliphatic carbocycles. The molecule has 1 aliphatic heterocycles. The molecule has 1 N–H and O–H groups in total. The van der Waals surface area contributed by atoms with Crippen LogP contribution in [0.25, 0.3) is 0 Å². The lowest BCUT2D eigenvalue weighted by atomic mass is 9.66. The molecule has 1 aromatic carbocycles. The summed E-state index contributed by atoms with van der Waals surface area (Å²) in [7, 11) is 1.66. The zero-order chi connectivity index (χ0) is 15.7. The highest BCUT2D eigenvalue weighted by atomic mass is 16.5. The number of likely N-dealkylation sites (tertiary alicyclic amines) is 1. The number of amides is 1. The summed E-state index contributed by atoms with van der Waals surface area (Å²) < 4.78 is 5.52. The van der Waals surface area contributed by atoms with Crippen LogP contribution in [0.4, 0.5) is 0 Å². The van der Waals surface area contributed by atoms with Crippen molar-refractivity contribution >= 4 is 5.91 Å². The van der Waals surface area contributed by atoms with Crippen molar-refractivity contribution in [3.8, 4) is 5.75 Å². The summed E-state index contributed by atoms with van der Waals surface area (Å²) in [6.07, 6.45) is 4.68. The fourth-order valence-corrected chi connectivity index (χ4v) is 4.33. The number of ether oxygens (including phenoxy) is 1. The Hall–Kier alpha value is -1.55. The minimum atomic E-state index is -0.643. The van der Waals surface area contributed by atoms with Gasteiger partial charge in [0.25, 0.3) is 0 Å². The molecule has 0 bridgehead atoms. The van der Waals surface area contributed by atoms with Crippen LogP contribution in [0.3, 0.4) is 0 Å². The molecular formula is C18H25NO3. The Morgan fingerprint density at radius 3 is 2.82 bits per heavy atom. The molecular weight excluding hydrogens is 278 g/mol. The van der Waals surface area contributed by atoms with Crippen LogP contribution in [-0.2, 0) is 4.79 Å². The number of hydrogen-bond donors (Lipinski definition) is 1. The van der Waals surface area contributed by atoms with Gasteiger partial charge >= 0.3 is 0 Å². The number of hydrogen-bond acceptors (Lipinski definition) is 3. The van der Waals surface area contributed by atoms with Gasteiger partial charge in [-0.1, -0.05) is 31.0 Å². The van der Waals surface area contributed by atoms with Gasteiger partial charge in [0, 0.05) is 24.9 Å². The summed E-state index contributed by atoms with van der Waals surface area (Å²) >= 11 is 0. The first kappa shape index (κ1) is 15.3. The predicted molar refractivity (Wildman–Crippen MR) is 84.6 cm³/mol. The molecule has 1 saturated heterocycles. The molecule has 0 spiro atoms. The number of benzene rings is 1. The van der Waals surface area contributed by atoms with Gasteiger partial charge in [0.05, 0.1) is 18.8 Å². The van der Waals surface area contributed by atoms with Gasteiger partial charge in [0.15, 0.2) is 0 Å². The second-order valence-corrected chi connectivity index (χ2v) is 6.61. The molecule has 3 atom stereocenters. The topological polar surface area (TPSA) is 49.8 Å². The molecule has 22 heavy (non-hydrogen) atoms. The minimum Gasteiger partial charge on any atom is -0.496 e. The van der Waals surface area contributed by atoms with Crippen LogP contribution in [0.5, 0.6) is 5.75 Å². The van der Waals surface area contributed by atoms with Gasteiger partial charge in [-0.3, -0.25) is 4.79 Å². The molecule has 1 aromatic rings. The van der Waals surface area contributed by atoms with Crippen LogP contribution < -0.4 is 4.74 Å². The second kappa shape index (κ2) is 5.92. The number of aliphatic hydroxyl groups is 1. The molecule has 0 aromatic heterocycles. The summed E-state index contributed by atoms with van der Waals surface area (Å²) in [5, 5.41) is 11.1. The summed E-state index contributed by atoms with van der Waals surface area (Å²) in [4.78, 5) is 14.1. The molecule has 1 saturated carbocycles. The highest BCUT2D eigenvalue weighted by Crippen LogP contribution is 2.50. The number of piperidine rings is 1. The normalized spacial score (nSPS) is 31.5. The molecule has 2 fully saturated rings. The highest BCUT2D eigenvalue weighted by molar-refractivity contribution is 5.74. The highest BCUT2D eigenvalue weighted by Gasteiger charge is 2.50. The number of para-hydroxylation sites is 1. The van der Waals surface area contributed by atoms with E-state index in [0.717, 1.165) is 37.0 Å². The molecule has 120 valence electrons.